The van der Waals surface area contributed by atoms with Crippen LogP contribution in [0.3, 0.4) is 0 Å². The summed E-state index contributed by atoms with van der Waals surface area (Å²) in [6, 6.07) is 13.1. The standard InChI is InChI=1S/C21H22N6O2/c1-13-9-10-15(11-14(13)2)22-18(28)12-26-21(29)27-17-8-6-5-7-16(17)23-19(25(3)4)20(27)24-26/h5-11H,12H2,1-4H3,(H,22,28). The lowest BCUT2D eigenvalue weighted by Gasteiger charge is -2.12. The molecule has 2 aromatic carbocycles. The van der Waals surface area contributed by atoms with Gasteiger partial charge in [0, 0.05) is 19.8 Å². The maximum atomic E-state index is 13.0. The molecule has 4 aromatic rings. The number of nitrogens with one attached hydrogen (secondary N) is 1. The highest BCUT2D eigenvalue weighted by Gasteiger charge is 2.18. The first kappa shape index (κ1) is 18.7. The van der Waals surface area contributed by atoms with Gasteiger partial charge >= 0.3 is 5.69 Å². The van der Waals surface area contributed by atoms with Gasteiger partial charge in [0.05, 0.1) is 11.0 Å². The number of fused-ring (bicyclic) bond motifs is 3. The molecule has 2 heterocycles. The maximum Gasteiger partial charge on any atom is 0.351 e. The third kappa shape index (κ3) is 3.33. The molecule has 0 aliphatic rings. The Morgan fingerprint density at radius 3 is 2.59 bits per heavy atom. The number of anilines is 2. The molecule has 1 N–H and O–H groups in total. The molecule has 0 saturated heterocycles. The molecule has 2 aromatic heterocycles. The van der Waals surface area contributed by atoms with E-state index in [0.717, 1.165) is 11.1 Å². The number of hydrogen-bond donors (Lipinski definition) is 1. The maximum absolute atomic E-state index is 13.0. The number of para-hydroxylation sites is 2. The quantitative estimate of drug-likeness (QED) is 0.578. The molecule has 8 heteroatoms. The Balaban J connectivity index is 1.74. The second-order valence-electron chi connectivity index (χ2n) is 7.27. The lowest BCUT2D eigenvalue weighted by Crippen LogP contribution is -2.28. The summed E-state index contributed by atoms with van der Waals surface area (Å²) in [6.07, 6.45) is 0. The molecule has 0 aliphatic heterocycles. The highest BCUT2D eigenvalue weighted by Crippen LogP contribution is 2.20. The van der Waals surface area contributed by atoms with E-state index in [0.29, 0.717) is 28.2 Å². The average Bonchev–Trinajstić information content (AvgIpc) is 3.00. The summed E-state index contributed by atoms with van der Waals surface area (Å²) in [5, 5.41) is 7.23. The molecule has 0 fully saturated rings. The molecule has 8 nitrogen and oxygen atoms in total. The molecule has 29 heavy (non-hydrogen) atoms. The van der Waals surface area contributed by atoms with Crippen molar-refractivity contribution in [2.45, 2.75) is 20.4 Å². The smallest absolute Gasteiger partial charge is 0.351 e. The van der Waals surface area contributed by atoms with E-state index < -0.39 is 0 Å². The van der Waals surface area contributed by atoms with Gasteiger partial charge in [0.1, 0.15) is 6.54 Å². The van der Waals surface area contributed by atoms with Crippen molar-refractivity contribution in [3.05, 3.63) is 64.1 Å². The van der Waals surface area contributed by atoms with E-state index in [2.05, 4.69) is 15.4 Å². The van der Waals surface area contributed by atoms with E-state index in [9.17, 15) is 9.59 Å². The van der Waals surface area contributed by atoms with Crippen molar-refractivity contribution < 1.29 is 4.79 Å². The number of aryl methyl sites for hydroxylation is 2. The topological polar surface area (TPSA) is 84.5 Å². The fourth-order valence-electron chi connectivity index (χ4n) is 3.24. The van der Waals surface area contributed by atoms with Crippen LogP contribution in [0.1, 0.15) is 11.1 Å². The fourth-order valence-corrected chi connectivity index (χ4v) is 3.24. The Labute approximate surface area is 167 Å². The Morgan fingerprint density at radius 1 is 1.10 bits per heavy atom. The fraction of sp³-hybridized carbons (Fsp3) is 0.238. The van der Waals surface area contributed by atoms with Crippen molar-refractivity contribution in [3.8, 4) is 0 Å². The van der Waals surface area contributed by atoms with Gasteiger partial charge in [-0.1, -0.05) is 18.2 Å². The summed E-state index contributed by atoms with van der Waals surface area (Å²) in [7, 11) is 3.68. The molecule has 1 amide bonds. The van der Waals surface area contributed by atoms with E-state index in [4.69, 9.17) is 0 Å². The van der Waals surface area contributed by atoms with Gasteiger partial charge in [-0.05, 0) is 49.2 Å². The lowest BCUT2D eigenvalue weighted by molar-refractivity contribution is -0.117. The van der Waals surface area contributed by atoms with Gasteiger partial charge in [-0.2, -0.15) is 0 Å². The number of carbonyl (C=O) groups is 1. The van der Waals surface area contributed by atoms with Crippen LogP contribution in [0.5, 0.6) is 0 Å². The van der Waals surface area contributed by atoms with E-state index in [1.807, 2.05) is 70.4 Å². The Bertz CT molecular complexity index is 1300. The van der Waals surface area contributed by atoms with Crippen LogP contribution < -0.4 is 15.9 Å². The summed E-state index contributed by atoms with van der Waals surface area (Å²) in [5.41, 5.74) is 4.30. The minimum atomic E-state index is -0.378. The summed E-state index contributed by atoms with van der Waals surface area (Å²) < 4.78 is 2.67. The van der Waals surface area contributed by atoms with E-state index in [-0.39, 0.29) is 18.1 Å². The number of hydrogen-bond acceptors (Lipinski definition) is 5. The first-order valence-corrected chi connectivity index (χ1v) is 9.28. The van der Waals surface area contributed by atoms with Gasteiger partial charge < -0.3 is 10.2 Å². The van der Waals surface area contributed by atoms with Gasteiger partial charge in [-0.25, -0.2) is 18.9 Å². The third-order valence-corrected chi connectivity index (χ3v) is 4.90. The van der Waals surface area contributed by atoms with Gasteiger partial charge in [0.25, 0.3) is 0 Å². The van der Waals surface area contributed by atoms with Crippen molar-refractivity contribution in [1.29, 1.82) is 0 Å². The van der Waals surface area contributed by atoms with Gasteiger partial charge in [-0.3, -0.25) is 4.79 Å². The van der Waals surface area contributed by atoms with Crippen LogP contribution in [-0.4, -0.2) is 39.2 Å². The molecule has 0 unspecified atom stereocenters. The second-order valence-corrected chi connectivity index (χ2v) is 7.27. The Morgan fingerprint density at radius 2 is 1.86 bits per heavy atom. The lowest BCUT2D eigenvalue weighted by atomic mass is 10.1. The van der Waals surface area contributed by atoms with Gasteiger partial charge in [-0.15, -0.1) is 5.10 Å². The molecule has 0 aliphatic carbocycles. The van der Waals surface area contributed by atoms with Crippen LogP contribution in [0.25, 0.3) is 16.7 Å². The number of amides is 1. The normalized spacial score (nSPS) is 11.2. The van der Waals surface area contributed by atoms with Crippen LogP contribution in [-0.2, 0) is 11.3 Å². The highest BCUT2D eigenvalue weighted by molar-refractivity contribution is 5.90. The van der Waals surface area contributed by atoms with E-state index in [1.54, 1.807) is 4.90 Å². The van der Waals surface area contributed by atoms with Crippen molar-refractivity contribution >= 4 is 34.1 Å². The highest BCUT2D eigenvalue weighted by atomic mass is 16.2. The number of nitrogens with zero attached hydrogens (tertiary/aromatic N) is 5. The second kappa shape index (κ2) is 7.05. The number of carbonyl (C=O) groups excluding carboxylic acids is 1. The molecular formula is C21H22N6O2. The van der Waals surface area contributed by atoms with E-state index >= 15 is 0 Å². The van der Waals surface area contributed by atoms with Crippen LogP contribution in [0.4, 0.5) is 11.5 Å². The van der Waals surface area contributed by atoms with Crippen molar-refractivity contribution in [2.75, 3.05) is 24.3 Å². The van der Waals surface area contributed by atoms with Crippen LogP contribution in [0, 0.1) is 13.8 Å². The Kier molecular flexibility index (Phi) is 4.54. The molecule has 0 bridgehead atoms. The molecule has 0 saturated carbocycles. The number of benzene rings is 2. The minimum absolute atomic E-state index is 0.186. The largest absolute Gasteiger partial charge is 0.360 e. The summed E-state index contributed by atoms with van der Waals surface area (Å²) in [5.74, 6) is 0.247. The molecule has 148 valence electrons. The van der Waals surface area contributed by atoms with Crippen molar-refractivity contribution in [1.82, 2.24) is 19.2 Å². The molecular weight excluding hydrogens is 368 g/mol. The SMILES string of the molecule is Cc1ccc(NC(=O)Cn2nc3c(N(C)C)nc4ccccc4n3c2=O)cc1C. The van der Waals surface area contributed by atoms with Crippen LogP contribution >= 0.6 is 0 Å². The Hall–Kier alpha value is -3.68. The average molecular weight is 390 g/mol. The van der Waals surface area contributed by atoms with Crippen molar-refractivity contribution in [2.24, 2.45) is 0 Å². The summed E-state index contributed by atoms with van der Waals surface area (Å²) >= 11 is 0. The zero-order chi connectivity index (χ0) is 20.7. The number of aromatic nitrogens is 4. The monoisotopic (exact) mass is 390 g/mol. The third-order valence-electron chi connectivity index (χ3n) is 4.90. The van der Waals surface area contributed by atoms with Crippen molar-refractivity contribution in [3.63, 3.8) is 0 Å². The van der Waals surface area contributed by atoms with E-state index in [1.165, 1.54) is 9.08 Å². The predicted octanol–water partition coefficient (Wildman–Crippen LogP) is 2.37. The van der Waals surface area contributed by atoms with Gasteiger partial charge in [0.2, 0.25) is 11.6 Å². The molecule has 4 rings (SSSR count). The summed E-state index contributed by atoms with van der Waals surface area (Å²) in [4.78, 5) is 32.0. The minimum Gasteiger partial charge on any atom is -0.360 e. The van der Waals surface area contributed by atoms with Crippen LogP contribution in [0.15, 0.2) is 47.3 Å². The zero-order valence-electron chi connectivity index (χ0n) is 16.8. The first-order chi connectivity index (χ1) is 13.8. The molecule has 0 radical (unpaired) electrons. The first-order valence-electron chi connectivity index (χ1n) is 9.28. The number of rotatable bonds is 4. The molecule has 0 spiro atoms. The summed E-state index contributed by atoms with van der Waals surface area (Å²) in [6.45, 7) is 3.81. The van der Waals surface area contributed by atoms with Crippen LogP contribution in [0.2, 0.25) is 0 Å². The zero-order valence-corrected chi connectivity index (χ0v) is 16.8. The predicted molar refractivity (Wildman–Crippen MR) is 114 cm³/mol. The molecule has 0 atom stereocenters. The van der Waals surface area contributed by atoms with Gasteiger partial charge in [0.15, 0.2) is 5.82 Å².